The van der Waals surface area contributed by atoms with Crippen molar-refractivity contribution in [3.63, 3.8) is 0 Å². The highest BCUT2D eigenvalue weighted by Crippen LogP contribution is 2.25. The molecule has 4 heteroatoms. The molecular formula is C14H27N3O. The molecule has 0 radical (unpaired) electrons. The van der Waals surface area contributed by atoms with Crippen LogP contribution < -0.4 is 11.3 Å². The molecule has 1 aromatic rings. The lowest BCUT2D eigenvalue weighted by atomic mass is 9.85. The number of hydrazine groups is 1. The monoisotopic (exact) mass is 253 g/mol. The van der Waals surface area contributed by atoms with Gasteiger partial charge in [0.25, 0.3) is 0 Å². The first-order valence-corrected chi connectivity index (χ1v) is 6.85. The highest BCUT2D eigenvalue weighted by atomic mass is 16.3. The van der Waals surface area contributed by atoms with Gasteiger partial charge in [-0.3, -0.25) is 16.2 Å². The maximum Gasteiger partial charge on any atom is 0.105 e. The van der Waals surface area contributed by atoms with E-state index in [4.69, 9.17) is 10.3 Å². The van der Waals surface area contributed by atoms with Crippen LogP contribution in [-0.4, -0.2) is 29.6 Å². The number of nitrogens with zero attached hydrogens (tertiary/aromatic N) is 1. The molecule has 0 aliphatic rings. The fourth-order valence-corrected chi connectivity index (χ4v) is 2.72. The Bertz CT molecular complexity index is 322. The summed E-state index contributed by atoms with van der Waals surface area (Å²) in [5.41, 5.74) is 3.01. The van der Waals surface area contributed by atoms with Gasteiger partial charge in [0.15, 0.2) is 0 Å². The van der Waals surface area contributed by atoms with Gasteiger partial charge in [0.2, 0.25) is 0 Å². The predicted molar refractivity (Wildman–Crippen MR) is 75.1 cm³/mol. The minimum absolute atomic E-state index is 0.0328. The van der Waals surface area contributed by atoms with Crippen LogP contribution in [0.15, 0.2) is 22.8 Å². The van der Waals surface area contributed by atoms with Crippen LogP contribution in [0.5, 0.6) is 0 Å². The van der Waals surface area contributed by atoms with E-state index in [9.17, 15) is 0 Å². The van der Waals surface area contributed by atoms with E-state index in [0.29, 0.717) is 0 Å². The van der Waals surface area contributed by atoms with Crippen molar-refractivity contribution < 1.29 is 4.42 Å². The van der Waals surface area contributed by atoms with Crippen molar-refractivity contribution in [2.75, 3.05) is 13.1 Å². The zero-order valence-corrected chi connectivity index (χ0v) is 12.1. The van der Waals surface area contributed by atoms with Crippen LogP contribution in [0.25, 0.3) is 0 Å². The van der Waals surface area contributed by atoms with Gasteiger partial charge in [-0.1, -0.05) is 20.8 Å². The molecule has 0 saturated carbocycles. The van der Waals surface area contributed by atoms with Gasteiger partial charge in [-0.15, -0.1) is 0 Å². The van der Waals surface area contributed by atoms with Crippen LogP contribution in [0, 0.1) is 0 Å². The van der Waals surface area contributed by atoms with Crippen LogP contribution in [0.4, 0.5) is 0 Å². The first-order valence-electron chi connectivity index (χ1n) is 6.85. The first-order chi connectivity index (χ1) is 8.62. The summed E-state index contributed by atoms with van der Waals surface area (Å²) in [6.45, 7) is 10.9. The molecule has 0 aromatic carbocycles. The van der Waals surface area contributed by atoms with E-state index >= 15 is 0 Å². The highest BCUT2D eigenvalue weighted by Gasteiger charge is 2.36. The summed E-state index contributed by atoms with van der Waals surface area (Å²) >= 11 is 0. The van der Waals surface area contributed by atoms with Crippen molar-refractivity contribution in [1.29, 1.82) is 0 Å². The summed E-state index contributed by atoms with van der Waals surface area (Å²) in [4.78, 5) is 2.46. The molecular weight excluding hydrogens is 226 g/mol. The first kappa shape index (κ1) is 15.2. The molecule has 0 aliphatic carbocycles. The van der Waals surface area contributed by atoms with E-state index in [2.05, 4.69) is 38.0 Å². The summed E-state index contributed by atoms with van der Waals surface area (Å²) in [6, 6.07) is 4.10. The second-order valence-corrected chi connectivity index (χ2v) is 4.89. The zero-order chi connectivity index (χ0) is 13.6. The molecule has 18 heavy (non-hydrogen) atoms. The van der Waals surface area contributed by atoms with Gasteiger partial charge < -0.3 is 4.42 Å². The predicted octanol–water partition coefficient (Wildman–Crippen LogP) is 2.16. The zero-order valence-electron chi connectivity index (χ0n) is 12.1. The van der Waals surface area contributed by atoms with E-state index in [1.54, 1.807) is 6.26 Å². The Labute approximate surface area is 110 Å². The van der Waals surface area contributed by atoms with Crippen molar-refractivity contribution in [3.8, 4) is 0 Å². The van der Waals surface area contributed by atoms with Crippen LogP contribution in [0.2, 0.25) is 0 Å². The second-order valence-electron chi connectivity index (χ2n) is 4.89. The Kier molecular flexibility index (Phi) is 5.85. The average Bonchev–Trinajstić information content (AvgIpc) is 2.89. The molecule has 0 aliphatic heterocycles. The highest BCUT2D eigenvalue weighted by molar-refractivity contribution is 5.05. The molecule has 0 fully saturated rings. The van der Waals surface area contributed by atoms with E-state index in [-0.39, 0.29) is 11.6 Å². The molecule has 0 amide bonds. The lowest BCUT2D eigenvalue weighted by Gasteiger charge is -2.45. The molecule has 4 nitrogen and oxygen atoms in total. The molecule has 2 unspecified atom stereocenters. The molecule has 1 heterocycles. The maximum absolute atomic E-state index is 5.78. The lowest BCUT2D eigenvalue weighted by molar-refractivity contribution is 0.0681. The lowest BCUT2D eigenvalue weighted by Crippen LogP contribution is -2.61. The van der Waals surface area contributed by atoms with Crippen LogP contribution in [0.1, 0.15) is 39.9 Å². The van der Waals surface area contributed by atoms with Crippen molar-refractivity contribution in [2.45, 2.75) is 52.1 Å². The molecule has 0 bridgehead atoms. The molecule has 104 valence electrons. The van der Waals surface area contributed by atoms with Crippen LogP contribution >= 0.6 is 0 Å². The summed E-state index contributed by atoms with van der Waals surface area (Å²) in [5, 5.41) is 0. The Morgan fingerprint density at radius 2 is 2.06 bits per heavy atom. The third-order valence-corrected chi connectivity index (χ3v) is 4.14. The SMILES string of the molecule is CCN(CC)C(C)(CC)C(Cc1ccco1)NN. The van der Waals surface area contributed by atoms with Crippen molar-refractivity contribution in [3.05, 3.63) is 24.2 Å². The molecule has 0 spiro atoms. The smallest absolute Gasteiger partial charge is 0.105 e. The van der Waals surface area contributed by atoms with Gasteiger partial charge >= 0.3 is 0 Å². The Hall–Kier alpha value is -0.840. The Morgan fingerprint density at radius 3 is 2.44 bits per heavy atom. The van der Waals surface area contributed by atoms with Gasteiger partial charge in [-0.05, 0) is 38.6 Å². The molecule has 2 atom stereocenters. The van der Waals surface area contributed by atoms with Crippen molar-refractivity contribution in [2.24, 2.45) is 5.84 Å². The number of hydrogen-bond donors (Lipinski definition) is 2. The van der Waals surface area contributed by atoms with E-state index < -0.39 is 0 Å². The number of hydrogen-bond acceptors (Lipinski definition) is 4. The third-order valence-electron chi connectivity index (χ3n) is 4.14. The summed E-state index contributed by atoms with van der Waals surface area (Å²) in [6.07, 6.45) is 3.57. The van der Waals surface area contributed by atoms with Gasteiger partial charge in [0.05, 0.1) is 6.26 Å². The normalized spacial score (nSPS) is 16.8. The second kappa shape index (κ2) is 6.92. The number of rotatable bonds is 8. The number of nitrogens with one attached hydrogen (secondary N) is 1. The van der Waals surface area contributed by atoms with Crippen LogP contribution in [-0.2, 0) is 6.42 Å². The fourth-order valence-electron chi connectivity index (χ4n) is 2.72. The fraction of sp³-hybridized carbons (Fsp3) is 0.714. The van der Waals surface area contributed by atoms with Crippen molar-refractivity contribution in [1.82, 2.24) is 10.3 Å². The average molecular weight is 253 g/mol. The molecule has 1 aromatic heterocycles. The Morgan fingerprint density at radius 1 is 1.39 bits per heavy atom. The minimum atomic E-state index is 0.0328. The molecule has 3 N–H and O–H groups in total. The number of nitrogens with two attached hydrogens (primary N) is 1. The quantitative estimate of drug-likeness (QED) is 0.551. The summed E-state index contributed by atoms with van der Waals surface area (Å²) < 4.78 is 5.44. The largest absolute Gasteiger partial charge is 0.469 e. The van der Waals surface area contributed by atoms with Gasteiger partial charge in [0, 0.05) is 18.0 Å². The standard InChI is InChI=1S/C14H27N3O/c1-5-14(4,17(6-2)7-3)13(16-15)11-12-9-8-10-18-12/h8-10,13,16H,5-7,11,15H2,1-4H3. The van der Waals surface area contributed by atoms with Gasteiger partial charge in [-0.25, -0.2) is 0 Å². The maximum atomic E-state index is 5.78. The summed E-state index contributed by atoms with van der Waals surface area (Å²) in [7, 11) is 0. The summed E-state index contributed by atoms with van der Waals surface area (Å²) in [5.74, 6) is 6.76. The number of furan rings is 1. The van der Waals surface area contributed by atoms with E-state index in [1.807, 2.05) is 12.1 Å². The molecule has 1 rings (SSSR count). The van der Waals surface area contributed by atoms with Gasteiger partial charge in [0.1, 0.15) is 5.76 Å². The van der Waals surface area contributed by atoms with E-state index in [0.717, 1.165) is 31.7 Å². The van der Waals surface area contributed by atoms with Gasteiger partial charge in [-0.2, -0.15) is 0 Å². The van der Waals surface area contributed by atoms with Crippen LogP contribution in [0.3, 0.4) is 0 Å². The third kappa shape index (κ3) is 3.13. The minimum Gasteiger partial charge on any atom is -0.469 e. The number of likely N-dealkylation sites (N-methyl/N-ethyl adjacent to an activating group) is 1. The molecule has 0 saturated heterocycles. The van der Waals surface area contributed by atoms with Crippen molar-refractivity contribution >= 4 is 0 Å². The topological polar surface area (TPSA) is 54.4 Å². The van der Waals surface area contributed by atoms with E-state index in [1.165, 1.54) is 0 Å². The Balaban J connectivity index is 2.87.